The Morgan fingerprint density at radius 1 is 1.29 bits per heavy atom. The van der Waals surface area contributed by atoms with E-state index in [-0.39, 0.29) is 12.1 Å². The zero-order valence-corrected chi connectivity index (χ0v) is 9.80. The van der Waals surface area contributed by atoms with E-state index in [4.69, 9.17) is 14.2 Å². The lowest BCUT2D eigenvalue weighted by Crippen LogP contribution is -2.16. The van der Waals surface area contributed by atoms with Crippen LogP contribution in [0.25, 0.3) is 0 Å². The first-order chi connectivity index (χ1) is 8.22. The third-order valence-corrected chi connectivity index (χ3v) is 2.65. The Balaban J connectivity index is 2.23. The number of methoxy groups -OCH3 is 2. The molecule has 1 aromatic rings. The Kier molecular flexibility index (Phi) is 3.32. The number of hydrogen-bond acceptors (Lipinski definition) is 4. The van der Waals surface area contributed by atoms with Crippen LogP contribution in [0, 0.1) is 0 Å². The second-order valence-electron chi connectivity index (χ2n) is 3.72. The highest BCUT2D eigenvalue weighted by atomic mass is 16.5. The van der Waals surface area contributed by atoms with E-state index >= 15 is 0 Å². The molecule has 0 N–H and O–H groups in total. The van der Waals surface area contributed by atoms with Gasteiger partial charge in [-0.3, -0.25) is 0 Å². The molecule has 0 amide bonds. The van der Waals surface area contributed by atoms with E-state index in [1.165, 1.54) is 6.08 Å². The van der Waals surface area contributed by atoms with Crippen LogP contribution in [0.4, 0.5) is 0 Å². The van der Waals surface area contributed by atoms with Gasteiger partial charge in [0, 0.05) is 6.42 Å². The van der Waals surface area contributed by atoms with Crippen LogP contribution in [0.15, 0.2) is 36.1 Å². The van der Waals surface area contributed by atoms with Gasteiger partial charge in [0.15, 0.2) is 0 Å². The first kappa shape index (κ1) is 11.5. The van der Waals surface area contributed by atoms with E-state index in [1.54, 1.807) is 14.2 Å². The molecule has 0 fully saturated rings. The van der Waals surface area contributed by atoms with Crippen molar-refractivity contribution in [1.82, 2.24) is 0 Å². The molecule has 1 unspecified atom stereocenters. The van der Waals surface area contributed by atoms with Crippen molar-refractivity contribution in [3.8, 4) is 5.75 Å². The fourth-order valence-electron chi connectivity index (χ4n) is 1.76. The molecule has 1 aliphatic rings. The summed E-state index contributed by atoms with van der Waals surface area (Å²) in [5.74, 6) is 1.00. The van der Waals surface area contributed by atoms with Crippen LogP contribution in [-0.2, 0) is 14.3 Å². The number of rotatable bonds is 3. The average molecular weight is 234 g/mol. The fraction of sp³-hybridized carbons (Fsp3) is 0.308. The van der Waals surface area contributed by atoms with Crippen molar-refractivity contribution in [1.29, 1.82) is 0 Å². The second kappa shape index (κ2) is 4.91. The van der Waals surface area contributed by atoms with Crippen molar-refractivity contribution < 1.29 is 19.0 Å². The van der Waals surface area contributed by atoms with Crippen molar-refractivity contribution >= 4 is 5.97 Å². The van der Waals surface area contributed by atoms with Crippen LogP contribution in [0.2, 0.25) is 0 Å². The summed E-state index contributed by atoms with van der Waals surface area (Å²) < 4.78 is 15.5. The lowest BCUT2D eigenvalue weighted by atomic mass is 10.0. The predicted molar refractivity (Wildman–Crippen MR) is 61.5 cm³/mol. The highest BCUT2D eigenvalue weighted by Crippen LogP contribution is 2.30. The molecular weight excluding hydrogens is 220 g/mol. The van der Waals surface area contributed by atoms with Crippen molar-refractivity contribution in [2.24, 2.45) is 0 Å². The lowest BCUT2D eigenvalue weighted by Gasteiger charge is -2.22. The van der Waals surface area contributed by atoms with E-state index in [0.29, 0.717) is 12.2 Å². The van der Waals surface area contributed by atoms with Gasteiger partial charge in [0.1, 0.15) is 17.6 Å². The average Bonchev–Trinajstić information content (AvgIpc) is 2.38. The summed E-state index contributed by atoms with van der Waals surface area (Å²) in [4.78, 5) is 11.4. The minimum absolute atomic E-state index is 0.308. The highest BCUT2D eigenvalue weighted by molar-refractivity contribution is 5.83. The van der Waals surface area contributed by atoms with Crippen LogP contribution < -0.4 is 4.74 Å². The summed E-state index contributed by atoms with van der Waals surface area (Å²) in [6.07, 6.45) is 1.61. The molecule has 0 spiro atoms. The van der Waals surface area contributed by atoms with Crippen LogP contribution in [-0.4, -0.2) is 20.2 Å². The van der Waals surface area contributed by atoms with Crippen molar-refractivity contribution in [3.63, 3.8) is 0 Å². The summed E-state index contributed by atoms with van der Waals surface area (Å²) in [6.45, 7) is 0. The van der Waals surface area contributed by atoms with Crippen LogP contribution >= 0.6 is 0 Å². The smallest absolute Gasteiger partial charge is 0.334 e. The molecule has 90 valence electrons. The van der Waals surface area contributed by atoms with Gasteiger partial charge >= 0.3 is 5.97 Å². The Hall–Kier alpha value is -1.97. The summed E-state index contributed by atoms with van der Waals surface area (Å²) in [6, 6.07) is 7.48. The largest absolute Gasteiger partial charge is 0.501 e. The predicted octanol–water partition coefficient (Wildman–Crippen LogP) is 2.21. The maximum absolute atomic E-state index is 11.4. The van der Waals surface area contributed by atoms with Gasteiger partial charge in [0.05, 0.1) is 20.3 Å². The minimum atomic E-state index is -0.374. The first-order valence-corrected chi connectivity index (χ1v) is 5.32. The second-order valence-corrected chi connectivity index (χ2v) is 3.72. The molecule has 1 aromatic carbocycles. The standard InChI is InChI=1S/C13H14O4/c1-15-10-5-3-4-9(6-10)12-7-11(16-2)8-13(14)17-12/h3-6,8,12H,7H2,1-2H3. The van der Waals surface area contributed by atoms with E-state index in [2.05, 4.69) is 0 Å². The first-order valence-electron chi connectivity index (χ1n) is 5.32. The van der Waals surface area contributed by atoms with E-state index in [0.717, 1.165) is 11.3 Å². The number of benzene rings is 1. The molecule has 4 heteroatoms. The zero-order chi connectivity index (χ0) is 12.3. The highest BCUT2D eigenvalue weighted by Gasteiger charge is 2.24. The fourth-order valence-corrected chi connectivity index (χ4v) is 1.76. The van der Waals surface area contributed by atoms with Gasteiger partial charge in [-0.15, -0.1) is 0 Å². The Morgan fingerprint density at radius 3 is 2.82 bits per heavy atom. The summed E-state index contributed by atoms with van der Waals surface area (Å²) in [7, 11) is 3.15. The molecule has 0 aliphatic carbocycles. The van der Waals surface area contributed by atoms with Gasteiger partial charge in [0.2, 0.25) is 0 Å². The van der Waals surface area contributed by atoms with Gasteiger partial charge in [-0.25, -0.2) is 4.79 Å². The zero-order valence-electron chi connectivity index (χ0n) is 9.80. The molecule has 0 saturated carbocycles. The molecule has 0 radical (unpaired) electrons. The number of ether oxygens (including phenoxy) is 3. The third-order valence-electron chi connectivity index (χ3n) is 2.65. The Morgan fingerprint density at radius 2 is 2.12 bits per heavy atom. The molecule has 0 saturated heterocycles. The number of hydrogen-bond donors (Lipinski definition) is 0. The topological polar surface area (TPSA) is 44.8 Å². The van der Waals surface area contributed by atoms with E-state index in [1.807, 2.05) is 24.3 Å². The SMILES string of the molecule is COC1=CC(=O)OC(c2cccc(OC)c2)C1. The summed E-state index contributed by atoms with van der Waals surface area (Å²) >= 11 is 0. The molecule has 2 rings (SSSR count). The maximum atomic E-state index is 11.4. The van der Waals surface area contributed by atoms with Gasteiger partial charge in [0.25, 0.3) is 0 Å². The quantitative estimate of drug-likeness (QED) is 0.752. The normalized spacial score (nSPS) is 19.3. The van der Waals surface area contributed by atoms with E-state index in [9.17, 15) is 4.79 Å². The van der Waals surface area contributed by atoms with Crippen LogP contribution in [0.5, 0.6) is 5.75 Å². The Labute approximate surface area is 99.8 Å². The molecule has 17 heavy (non-hydrogen) atoms. The third kappa shape index (κ3) is 2.58. The van der Waals surface area contributed by atoms with Gasteiger partial charge in [-0.05, 0) is 17.7 Å². The number of carbonyl (C=O) groups excluding carboxylic acids is 1. The Bertz CT molecular complexity index is 450. The lowest BCUT2D eigenvalue weighted by molar-refractivity contribution is -0.145. The van der Waals surface area contributed by atoms with Crippen LogP contribution in [0.3, 0.4) is 0 Å². The molecule has 1 heterocycles. The van der Waals surface area contributed by atoms with Crippen molar-refractivity contribution in [3.05, 3.63) is 41.7 Å². The van der Waals surface area contributed by atoms with Gasteiger partial charge in [-0.2, -0.15) is 0 Å². The van der Waals surface area contributed by atoms with Crippen molar-refractivity contribution in [2.75, 3.05) is 14.2 Å². The summed E-state index contributed by atoms with van der Waals surface area (Å²) in [5, 5.41) is 0. The van der Waals surface area contributed by atoms with Gasteiger partial charge < -0.3 is 14.2 Å². The molecule has 0 aromatic heterocycles. The molecule has 4 nitrogen and oxygen atoms in total. The number of carbonyl (C=O) groups is 1. The van der Waals surface area contributed by atoms with Crippen molar-refractivity contribution in [2.45, 2.75) is 12.5 Å². The monoisotopic (exact) mass is 234 g/mol. The number of esters is 1. The molecule has 1 atom stereocenters. The maximum Gasteiger partial charge on any atom is 0.334 e. The molecular formula is C13H14O4. The summed E-state index contributed by atoms with van der Waals surface area (Å²) in [5.41, 5.74) is 0.903. The molecule has 0 bridgehead atoms. The van der Waals surface area contributed by atoms with E-state index < -0.39 is 0 Å². The minimum Gasteiger partial charge on any atom is -0.501 e. The van der Waals surface area contributed by atoms with Gasteiger partial charge in [-0.1, -0.05) is 12.1 Å². The molecule has 1 aliphatic heterocycles. The van der Waals surface area contributed by atoms with Crippen LogP contribution in [0.1, 0.15) is 18.1 Å². The number of cyclic esters (lactones) is 1.